The summed E-state index contributed by atoms with van der Waals surface area (Å²) in [6, 6.07) is -0.753. The van der Waals surface area contributed by atoms with Crippen LogP contribution in [-0.4, -0.2) is 65.5 Å². The Hall–Kier alpha value is -1.15. The first-order chi connectivity index (χ1) is 9.68. The van der Waals surface area contributed by atoms with Gasteiger partial charge >= 0.3 is 5.97 Å². The fraction of sp³-hybridized carbons (Fsp3) is 0.846. The third kappa shape index (κ3) is 2.91. The molecule has 0 aromatic rings. The molecule has 2 rings (SSSR count). The summed E-state index contributed by atoms with van der Waals surface area (Å²) in [5.41, 5.74) is -1.24. The maximum atomic E-state index is 12.7. The minimum absolute atomic E-state index is 0.326. The average Bonchev–Trinajstić information content (AvgIpc) is 2.87. The van der Waals surface area contributed by atoms with Crippen molar-refractivity contribution in [3.63, 3.8) is 0 Å². The van der Waals surface area contributed by atoms with E-state index in [4.69, 9.17) is 0 Å². The van der Waals surface area contributed by atoms with Crippen molar-refractivity contribution in [3.8, 4) is 0 Å². The highest BCUT2D eigenvalue weighted by Crippen LogP contribution is 2.32. The van der Waals surface area contributed by atoms with Crippen molar-refractivity contribution in [1.82, 2.24) is 9.21 Å². The Morgan fingerprint density at radius 3 is 2.43 bits per heavy atom. The maximum absolute atomic E-state index is 12.7. The van der Waals surface area contributed by atoms with E-state index in [1.807, 2.05) is 0 Å². The van der Waals surface area contributed by atoms with Gasteiger partial charge < -0.3 is 10.0 Å². The van der Waals surface area contributed by atoms with E-state index < -0.39 is 27.6 Å². The van der Waals surface area contributed by atoms with E-state index >= 15 is 0 Å². The lowest BCUT2D eigenvalue weighted by atomic mass is 9.87. The van der Waals surface area contributed by atoms with E-state index in [2.05, 4.69) is 0 Å². The molecule has 2 saturated heterocycles. The first-order valence-electron chi connectivity index (χ1n) is 7.19. The Morgan fingerprint density at radius 1 is 1.19 bits per heavy atom. The molecule has 2 fully saturated rings. The van der Waals surface area contributed by atoms with E-state index in [1.54, 1.807) is 6.92 Å². The summed E-state index contributed by atoms with van der Waals surface area (Å²) >= 11 is 0. The fourth-order valence-electron chi connectivity index (χ4n) is 3.26. The van der Waals surface area contributed by atoms with Gasteiger partial charge in [0, 0.05) is 13.1 Å². The molecule has 2 aliphatic heterocycles. The predicted molar refractivity (Wildman–Crippen MR) is 76.2 cm³/mol. The van der Waals surface area contributed by atoms with E-state index in [0.717, 1.165) is 19.1 Å². The average molecular weight is 318 g/mol. The van der Waals surface area contributed by atoms with Crippen molar-refractivity contribution in [3.05, 3.63) is 0 Å². The van der Waals surface area contributed by atoms with Crippen LogP contribution in [0.4, 0.5) is 0 Å². The summed E-state index contributed by atoms with van der Waals surface area (Å²) in [7, 11) is -3.45. The number of carbonyl (C=O) groups excluding carboxylic acids is 1. The van der Waals surface area contributed by atoms with Crippen LogP contribution in [0.2, 0.25) is 0 Å². The maximum Gasteiger partial charge on any atom is 0.329 e. The molecule has 1 amide bonds. The minimum atomic E-state index is -3.45. The van der Waals surface area contributed by atoms with Gasteiger partial charge in [-0.15, -0.1) is 0 Å². The van der Waals surface area contributed by atoms with Crippen molar-refractivity contribution < 1.29 is 23.1 Å². The first kappa shape index (κ1) is 16.2. The lowest BCUT2D eigenvalue weighted by Gasteiger charge is -2.43. The molecule has 7 nitrogen and oxygen atoms in total. The van der Waals surface area contributed by atoms with Crippen molar-refractivity contribution in [2.24, 2.45) is 0 Å². The number of aliphatic carboxylic acids is 1. The zero-order valence-corrected chi connectivity index (χ0v) is 13.2. The molecule has 1 N–H and O–H groups in total. The van der Waals surface area contributed by atoms with Crippen LogP contribution < -0.4 is 0 Å². The Labute approximate surface area is 125 Å². The molecule has 8 heteroatoms. The number of likely N-dealkylation sites (tertiary alicyclic amines) is 1. The van der Waals surface area contributed by atoms with Gasteiger partial charge in [0.05, 0.1) is 6.26 Å². The molecule has 0 spiro atoms. The van der Waals surface area contributed by atoms with Crippen molar-refractivity contribution in [1.29, 1.82) is 0 Å². The normalized spacial score (nSPS) is 31.3. The van der Waals surface area contributed by atoms with Crippen LogP contribution in [0.25, 0.3) is 0 Å². The lowest BCUT2D eigenvalue weighted by molar-refractivity contribution is -0.162. The SMILES string of the molecule is CC1(C(=O)O)CCCCN1C(=O)C1CCCN1S(C)(=O)=O. The second-order valence-electron chi connectivity index (χ2n) is 6.06. The molecule has 0 saturated carbocycles. The number of carbonyl (C=O) groups is 2. The Morgan fingerprint density at radius 2 is 1.86 bits per heavy atom. The zero-order valence-electron chi connectivity index (χ0n) is 12.4. The number of piperidine rings is 1. The Kier molecular flexibility index (Phi) is 4.30. The monoisotopic (exact) mass is 318 g/mol. The Bertz CT molecular complexity index is 547. The highest BCUT2D eigenvalue weighted by Gasteiger charge is 2.48. The van der Waals surface area contributed by atoms with Crippen LogP contribution in [0.3, 0.4) is 0 Å². The number of carboxylic acids is 1. The van der Waals surface area contributed by atoms with Gasteiger partial charge in [-0.25, -0.2) is 13.2 Å². The van der Waals surface area contributed by atoms with E-state index in [1.165, 1.54) is 9.21 Å². The van der Waals surface area contributed by atoms with Crippen molar-refractivity contribution >= 4 is 21.9 Å². The van der Waals surface area contributed by atoms with Crippen LogP contribution in [0, 0.1) is 0 Å². The quantitative estimate of drug-likeness (QED) is 0.806. The summed E-state index contributed by atoms with van der Waals surface area (Å²) < 4.78 is 24.7. The third-order valence-corrected chi connectivity index (χ3v) is 5.82. The summed E-state index contributed by atoms with van der Waals surface area (Å²) in [6.07, 6.45) is 4.08. The third-order valence-electron chi connectivity index (χ3n) is 4.53. The van der Waals surface area contributed by atoms with Gasteiger partial charge in [0.15, 0.2) is 0 Å². The molecule has 2 aliphatic rings. The van der Waals surface area contributed by atoms with Crippen LogP contribution in [0.5, 0.6) is 0 Å². The molecule has 0 radical (unpaired) electrons. The number of nitrogens with zero attached hydrogens (tertiary/aromatic N) is 2. The summed E-state index contributed by atoms with van der Waals surface area (Å²) in [5, 5.41) is 9.46. The molecular weight excluding hydrogens is 296 g/mol. The molecule has 2 unspecified atom stereocenters. The molecule has 21 heavy (non-hydrogen) atoms. The molecule has 0 aliphatic carbocycles. The number of amides is 1. The summed E-state index contributed by atoms with van der Waals surface area (Å²) in [6.45, 7) is 2.24. The highest BCUT2D eigenvalue weighted by molar-refractivity contribution is 7.88. The largest absolute Gasteiger partial charge is 0.480 e. The molecule has 2 heterocycles. The number of hydrogen-bond acceptors (Lipinski definition) is 4. The molecule has 2 atom stereocenters. The molecule has 120 valence electrons. The lowest BCUT2D eigenvalue weighted by Crippen LogP contribution is -2.61. The number of sulfonamides is 1. The van der Waals surface area contributed by atoms with Gasteiger partial charge in [0.25, 0.3) is 0 Å². The van der Waals surface area contributed by atoms with Gasteiger partial charge in [0.1, 0.15) is 11.6 Å². The van der Waals surface area contributed by atoms with Gasteiger partial charge in [-0.1, -0.05) is 0 Å². The van der Waals surface area contributed by atoms with E-state index in [9.17, 15) is 23.1 Å². The Balaban J connectivity index is 2.27. The second kappa shape index (κ2) is 5.57. The number of carboxylic acid groups (broad SMARTS) is 1. The van der Waals surface area contributed by atoms with Crippen LogP contribution in [-0.2, 0) is 19.6 Å². The first-order valence-corrected chi connectivity index (χ1v) is 9.04. The van der Waals surface area contributed by atoms with Gasteiger partial charge in [0.2, 0.25) is 15.9 Å². The highest BCUT2D eigenvalue weighted by atomic mass is 32.2. The van der Waals surface area contributed by atoms with E-state index in [-0.39, 0.29) is 5.91 Å². The summed E-state index contributed by atoms with van der Waals surface area (Å²) in [4.78, 5) is 25.7. The number of rotatable bonds is 3. The van der Waals surface area contributed by atoms with Crippen LogP contribution in [0.15, 0.2) is 0 Å². The standard InChI is InChI=1S/C13H22N2O5S/c1-13(12(17)18)7-3-4-8-14(13)11(16)10-6-5-9-15(10)21(2,19)20/h10H,3-9H2,1-2H3,(H,17,18). The van der Waals surface area contributed by atoms with Crippen molar-refractivity contribution in [2.75, 3.05) is 19.3 Å². The topological polar surface area (TPSA) is 95.0 Å². The van der Waals surface area contributed by atoms with E-state index in [0.29, 0.717) is 32.4 Å². The zero-order chi connectivity index (χ0) is 15.8. The summed E-state index contributed by atoms with van der Waals surface area (Å²) in [5.74, 6) is -1.40. The molecular formula is C13H22N2O5S. The molecule has 0 aromatic heterocycles. The van der Waals surface area contributed by atoms with Crippen LogP contribution in [0.1, 0.15) is 39.0 Å². The minimum Gasteiger partial charge on any atom is -0.480 e. The van der Waals surface area contributed by atoms with Gasteiger partial charge in [-0.2, -0.15) is 4.31 Å². The molecule has 0 aromatic carbocycles. The van der Waals surface area contributed by atoms with Crippen molar-refractivity contribution in [2.45, 2.75) is 50.6 Å². The smallest absolute Gasteiger partial charge is 0.329 e. The number of hydrogen-bond donors (Lipinski definition) is 1. The van der Waals surface area contributed by atoms with Gasteiger partial charge in [-0.3, -0.25) is 4.79 Å². The second-order valence-corrected chi connectivity index (χ2v) is 7.99. The fourth-order valence-corrected chi connectivity index (χ4v) is 4.38. The van der Waals surface area contributed by atoms with Gasteiger partial charge in [-0.05, 0) is 39.0 Å². The molecule has 0 bridgehead atoms. The van der Waals surface area contributed by atoms with Crippen LogP contribution >= 0.6 is 0 Å². The predicted octanol–water partition coefficient (Wildman–Crippen LogP) is 0.266.